The first-order chi connectivity index (χ1) is 12.8. The number of sulfonamides is 1. The van der Waals surface area contributed by atoms with E-state index in [1.165, 1.54) is 26.2 Å². The predicted molar refractivity (Wildman–Crippen MR) is 96.6 cm³/mol. The maximum Gasteiger partial charge on any atom is 0.350 e. The second-order valence-corrected chi connectivity index (χ2v) is 8.67. The van der Waals surface area contributed by atoms with Crippen molar-refractivity contribution in [1.29, 1.82) is 0 Å². The molecule has 0 fully saturated rings. The van der Waals surface area contributed by atoms with Crippen molar-refractivity contribution in [3.8, 4) is 10.8 Å². The first-order valence-corrected chi connectivity index (χ1v) is 9.98. The molecule has 0 saturated heterocycles. The number of nitrogens with zero attached hydrogens (tertiary/aromatic N) is 4. The number of esters is 1. The van der Waals surface area contributed by atoms with E-state index >= 15 is 0 Å². The van der Waals surface area contributed by atoms with Gasteiger partial charge in [-0.25, -0.2) is 32.5 Å². The standard InChI is InChI=1S/C16H16N4O5S2/c1-10-13(26-15(19-10)14-17-7-4-8-18-14)16(21)24-9-11-5-6-12(25-11)27(22,23)20(2)3/h4-8H,9H2,1-3H3. The largest absolute Gasteiger partial charge is 0.453 e. The van der Waals surface area contributed by atoms with Crippen LogP contribution < -0.4 is 0 Å². The van der Waals surface area contributed by atoms with E-state index in [-0.39, 0.29) is 17.5 Å². The van der Waals surface area contributed by atoms with Crippen LogP contribution >= 0.6 is 11.3 Å². The van der Waals surface area contributed by atoms with Crippen molar-refractivity contribution in [2.75, 3.05) is 14.1 Å². The van der Waals surface area contributed by atoms with Crippen molar-refractivity contribution in [2.45, 2.75) is 18.6 Å². The lowest BCUT2D eigenvalue weighted by molar-refractivity contribution is 0.0445. The Labute approximate surface area is 159 Å². The summed E-state index contributed by atoms with van der Waals surface area (Å²) in [7, 11) is -0.875. The molecule has 0 unspecified atom stereocenters. The van der Waals surface area contributed by atoms with Gasteiger partial charge < -0.3 is 9.15 Å². The highest BCUT2D eigenvalue weighted by Gasteiger charge is 2.23. The lowest BCUT2D eigenvalue weighted by Crippen LogP contribution is -2.21. The van der Waals surface area contributed by atoms with Gasteiger partial charge in [-0.3, -0.25) is 0 Å². The number of thiazole rings is 1. The first kappa shape index (κ1) is 19.1. The maximum atomic E-state index is 12.3. The van der Waals surface area contributed by atoms with Gasteiger partial charge in [0.05, 0.1) is 5.69 Å². The van der Waals surface area contributed by atoms with Crippen LogP contribution in [0.2, 0.25) is 0 Å². The Morgan fingerprint density at radius 1 is 1.26 bits per heavy atom. The van der Waals surface area contributed by atoms with Crippen LogP contribution in [0.5, 0.6) is 0 Å². The monoisotopic (exact) mass is 408 g/mol. The van der Waals surface area contributed by atoms with E-state index in [0.717, 1.165) is 15.6 Å². The van der Waals surface area contributed by atoms with E-state index in [4.69, 9.17) is 9.15 Å². The zero-order chi connectivity index (χ0) is 19.6. The minimum absolute atomic E-state index is 0.198. The summed E-state index contributed by atoms with van der Waals surface area (Å²) in [5, 5.41) is 0.299. The van der Waals surface area contributed by atoms with Crippen LogP contribution in [-0.2, 0) is 21.4 Å². The summed E-state index contributed by atoms with van der Waals surface area (Å²) in [6, 6.07) is 4.46. The Hall–Kier alpha value is -2.63. The molecule has 0 aromatic carbocycles. The van der Waals surface area contributed by atoms with Gasteiger partial charge in [0.2, 0.25) is 5.09 Å². The lowest BCUT2D eigenvalue weighted by atomic mass is 10.4. The van der Waals surface area contributed by atoms with Gasteiger partial charge in [0.25, 0.3) is 10.0 Å². The van der Waals surface area contributed by atoms with E-state index in [2.05, 4.69) is 15.0 Å². The van der Waals surface area contributed by atoms with Crippen molar-refractivity contribution in [2.24, 2.45) is 0 Å². The Balaban J connectivity index is 1.70. The van der Waals surface area contributed by atoms with Crippen LogP contribution in [0, 0.1) is 6.92 Å². The number of aryl methyl sites for hydroxylation is 1. The number of carbonyl (C=O) groups excluding carboxylic acids is 1. The smallest absolute Gasteiger partial charge is 0.350 e. The molecular formula is C16H16N4O5S2. The first-order valence-electron chi connectivity index (χ1n) is 7.72. The van der Waals surface area contributed by atoms with Gasteiger partial charge in [0, 0.05) is 26.5 Å². The summed E-state index contributed by atoms with van der Waals surface area (Å²) in [5.41, 5.74) is 0.503. The van der Waals surface area contributed by atoms with Crippen molar-refractivity contribution in [3.05, 3.63) is 46.9 Å². The number of hydrogen-bond donors (Lipinski definition) is 0. The summed E-state index contributed by atoms with van der Waals surface area (Å²) in [5.74, 6) is 0.0624. The highest BCUT2D eigenvalue weighted by atomic mass is 32.2. The molecule has 9 nitrogen and oxygen atoms in total. The molecule has 0 spiro atoms. The zero-order valence-corrected chi connectivity index (χ0v) is 16.4. The third-order valence-corrected chi connectivity index (χ3v) is 6.28. The van der Waals surface area contributed by atoms with E-state index in [9.17, 15) is 13.2 Å². The molecule has 0 radical (unpaired) electrons. The number of aromatic nitrogens is 3. The van der Waals surface area contributed by atoms with Gasteiger partial charge in [-0.2, -0.15) is 0 Å². The lowest BCUT2D eigenvalue weighted by Gasteiger charge is -2.07. The maximum absolute atomic E-state index is 12.3. The number of ether oxygens (including phenoxy) is 1. The van der Waals surface area contributed by atoms with Crippen LogP contribution in [0.3, 0.4) is 0 Å². The summed E-state index contributed by atoms with van der Waals surface area (Å²) in [6.07, 6.45) is 3.18. The highest BCUT2D eigenvalue weighted by Crippen LogP contribution is 2.26. The van der Waals surface area contributed by atoms with E-state index in [0.29, 0.717) is 21.4 Å². The zero-order valence-electron chi connectivity index (χ0n) is 14.7. The Bertz CT molecular complexity index is 1060. The SMILES string of the molecule is Cc1nc(-c2ncccn2)sc1C(=O)OCc1ccc(S(=O)(=O)N(C)C)o1. The fourth-order valence-corrected chi connectivity index (χ4v) is 3.77. The van der Waals surface area contributed by atoms with Crippen LogP contribution in [0.25, 0.3) is 10.8 Å². The molecule has 142 valence electrons. The highest BCUT2D eigenvalue weighted by molar-refractivity contribution is 7.88. The molecule has 0 aliphatic carbocycles. The quantitative estimate of drug-likeness (QED) is 0.570. The molecule has 0 aliphatic rings. The van der Waals surface area contributed by atoms with Crippen molar-refractivity contribution >= 4 is 27.3 Å². The summed E-state index contributed by atoms with van der Waals surface area (Å²) in [6.45, 7) is 1.49. The minimum Gasteiger partial charge on any atom is -0.453 e. The Kier molecular flexibility index (Phi) is 5.35. The van der Waals surface area contributed by atoms with Gasteiger partial charge >= 0.3 is 5.97 Å². The van der Waals surface area contributed by atoms with Crippen molar-refractivity contribution < 1.29 is 22.4 Å². The molecule has 11 heteroatoms. The number of rotatable bonds is 6. The fourth-order valence-electron chi connectivity index (χ4n) is 2.05. The van der Waals surface area contributed by atoms with Crippen LogP contribution in [0.1, 0.15) is 21.1 Å². The summed E-state index contributed by atoms with van der Waals surface area (Å²) < 4.78 is 35.5. The minimum atomic E-state index is -3.68. The normalized spacial score (nSPS) is 11.7. The van der Waals surface area contributed by atoms with Gasteiger partial charge in [0.15, 0.2) is 10.8 Å². The van der Waals surface area contributed by atoms with E-state index in [1.54, 1.807) is 25.4 Å². The molecule has 3 heterocycles. The van der Waals surface area contributed by atoms with Crippen LogP contribution in [0.4, 0.5) is 0 Å². The Morgan fingerprint density at radius 3 is 2.63 bits per heavy atom. The molecule has 27 heavy (non-hydrogen) atoms. The third kappa shape index (κ3) is 4.04. The molecule has 0 saturated carbocycles. The topological polar surface area (TPSA) is 115 Å². The van der Waals surface area contributed by atoms with Crippen molar-refractivity contribution in [1.82, 2.24) is 19.3 Å². The fraction of sp³-hybridized carbons (Fsp3) is 0.250. The second kappa shape index (κ2) is 7.55. The van der Waals surface area contributed by atoms with Gasteiger partial charge in [-0.05, 0) is 25.1 Å². The second-order valence-electron chi connectivity index (χ2n) is 5.59. The molecular weight excluding hydrogens is 392 g/mol. The molecule has 0 amide bonds. The molecule has 0 bridgehead atoms. The third-order valence-electron chi connectivity index (χ3n) is 3.46. The molecule has 3 aromatic rings. The molecule has 0 N–H and O–H groups in total. The molecule has 3 aromatic heterocycles. The van der Waals surface area contributed by atoms with E-state index < -0.39 is 16.0 Å². The number of furan rings is 1. The average molecular weight is 408 g/mol. The molecule has 0 atom stereocenters. The number of hydrogen-bond acceptors (Lipinski definition) is 9. The van der Waals surface area contributed by atoms with E-state index in [1.807, 2.05) is 0 Å². The predicted octanol–water partition coefficient (Wildman–Crippen LogP) is 2.11. The average Bonchev–Trinajstić information content (AvgIpc) is 3.27. The van der Waals surface area contributed by atoms with Gasteiger partial charge in [-0.1, -0.05) is 0 Å². The van der Waals surface area contributed by atoms with Gasteiger partial charge in [-0.15, -0.1) is 11.3 Å². The molecule has 0 aliphatic heterocycles. The van der Waals surface area contributed by atoms with Gasteiger partial charge in [0.1, 0.15) is 17.2 Å². The van der Waals surface area contributed by atoms with Crippen LogP contribution in [-0.4, -0.2) is 47.7 Å². The summed E-state index contributed by atoms with van der Waals surface area (Å²) >= 11 is 1.13. The summed E-state index contributed by atoms with van der Waals surface area (Å²) in [4.78, 5) is 25.2. The molecule has 3 rings (SSSR count). The number of carbonyl (C=O) groups is 1. The van der Waals surface area contributed by atoms with Crippen molar-refractivity contribution in [3.63, 3.8) is 0 Å². The van der Waals surface area contributed by atoms with Crippen LogP contribution in [0.15, 0.2) is 40.1 Å². The Morgan fingerprint density at radius 2 is 1.96 bits per heavy atom.